The van der Waals surface area contributed by atoms with Crippen LogP contribution < -0.4 is 5.73 Å². The predicted octanol–water partition coefficient (Wildman–Crippen LogP) is 3.26. The maximum Gasteiger partial charge on any atom is 0.164 e. The Kier molecular flexibility index (Phi) is 3.19. The van der Waals surface area contributed by atoms with E-state index < -0.39 is 0 Å². The van der Waals surface area contributed by atoms with Gasteiger partial charge in [0.15, 0.2) is 5.82 Å². The lowest BCUT2D eigenvalue weighted by atomic mass is 9.84. The minimum atomic E-state index is 0.454. The average molecular weight is 228 g/mol. The van der Waals surface area contributed by atoms with Gasteiger partial charge in [-0.05, 0) is 18.8 Å². The fourth-order valence-corrected chi connectivity index (χ4v) is 2.58. The van der Waals surface area contributed by atoms with Crippen LogP contribution in [0.1, 0.15) is 45.1 Å². The molecule has 0 spiro atoms. The Bertz CT molecular complexity index is 315. The summed E-state index contributed by atoms with van der Waals surface area (Å²) in [5.41, 5.74) is 5.65. The molecule has 4 heteroatoms. The lowest BCUT2D eigenvalue weighted by Gasteiger charge is -2.28. The Morgan fingerprint density at radius 2 is 2.40 bits per heavy atom. The maximum absolute atomic E-state index is 5.91. The van der Waals surface area contributed by atoms with Crippen LogP contribution in [0.4, 0.5) is 5.82 Å². The Balaban J connectivity index is 2.09. The molecular weight excluding hydrogens is 210 g/mol. The van der Waals surface area contributed by atoms with Crippen LogP contribution in [0, 0.1) is 5.92 Å². The maximum atomic E-state index is 5.91. The Hall–Kier alpha value is -0.700. The van der Waals surface area contributed by atoms with E-state index in [0.717, 1.165) is 5.92 Å². The smallest absolute Gasteiger partial charge is 0.164 e. The molecular formula is C11H18ClN3. The summed E-state index contributed by atoms with van der Waals surface area (Å²) in [5.74, 6) is 1.29. The lowest BCUT2D eigenvalue weighted by molar-refractivity contribution is 0.248. The molecule has 2 N–H and O–H groups in total. The number of nitrogens with zero attached hydrogens (tertiary/aromatic N) is 2. The van der Waals surface area contributed by atoms with Gasteiger partial charge in [0, 0.05) is 6.20 Å². The lowest BCUT2D eigenvalue weighted by Crippen LogP contribution is -2.19. The summed E-state index contributed by atoms with van der Waals surface area (Å²) in [4.78, 5) is 0. The number of anilines is 1. The topological polar surface area (TPSA) is 43.8 Å². The number of halogens is 1. The van der Waals surface area contributed by atoms with Crippen LogP contribution in [-0.2, 0) is 0 Å². The van der Waals surface area contributed by atoms with Crippen molar-refractivity contribution in [3.63, 3.8) is 0 Å². The van der Waals surface area contributed by atoms with Crippen LogP contribution in [-0.4, -0.2) is 9.78 Å². The molecule has 2 atom stereocenters. The van der Waals surface area contributed by atoms with Crippen molar-refractivity contribution in [3.8, 4) is 0 Å². The number of nitrogen functional groups attached to an aromatic ring is 1. The second kappa shape index (κ2) is 4.44. The summed E-state index contributed by atoms with van der Waals surface area (Å²) in [6, 6.07) is 0.499. The number of nitrogens with two attached hydrogens (primary N) is 1. The minimum absolute atomic E-state index is 0.454. The van der Waals surface area contributed by atoms with Crippen molar-refractivity contribution >= 4 is 17.4 Å². The normalized spacial score (nSPS) is 26.8. The van der Waals surface area contributed by atoms with Gasteiger partial charge >= 0.3 is 0 Å². The van der Waals surface area contributed by atoms with Crippen LogP contribution in [0.5, 0.6) is 0 Å². The molecule has 1 aromatic heterocycles. The van der Waals surface area contributed by atoms with Gasteiger partial charge in [0.05, 0.1) is 6.04 Å². The highest BCUT2D eigenvalue weighted by Crippen LogP contribution is 2.34. The van der Waals surface area contributed by atoms with E-state index in [1.165, 1.54) is 32.1 Å². The highest BCUT2D eigenvalue weighted by Gasteiger charge is 2.23. The molecule has 1 saturated carbocycles. The first-order chi connectivity index (χ1) is 7.20. The van der Waals surface area contributed by atoms with Crippen molar-refractivity contribution in [2.24, 2.45) is 5.92 Å². The van der Waals surface area contributed by atoms with Crippen molar-refractivity contribution < 1.29 is 0 Å². The molecule has 1 heterocycles. The molecule has 0 radical (unpaired) electrons. The molecule has 15 heavy (non-hydrogen) atoms. The molecule has 1 aliphatic carbocycles. The van der Waals surface area contributed by atoms with Gasteiger partial charge in [-0.25, -0.2) is 0 Å². The first-order valence-corrected chi connectivity index (χ1v) is 6.08. The first-order valence-electron chi connectivity index (χ1n) is 5.70. The zero-order valence-corrected chi connectivity index (χ0v) is 9.87. The van der Waals surface area contributed by atoms with E-state index in [2.05, 4.69) is 12.0 Å². The SMILES string of the molecule is CCC1CCCC(n2cc(Cl)c(N)n2)C1. The van der Waals surface area contributed by atoms with Gasteiger partial charge in [0.25, 0.3) is 0 Å². The highest BCUT2D eigenvalue weighted by atomic mass is 35.5. The zero-order valence-electron chi connectivity index (χ0n) is 9.12. The van der Waals surface area contributed by atoms with E-state index in [0.29, 0.717) is 16.9 Å². The van der Waals surface area contributed by atoms with Crippen LogP contribution in [0.2, 0.25) is 5.02 Å². The van der Waals surface area contributed by atoms with Crippen molar-refractivity contribution in [3.05, 3.63) is 11.2 Å². The third-order valence-electron chi connectivity index (χ3n) is 3.42. The average Bonchev–Trinajstić information content (AvgIpc) is 2.59. The summed E-state index contributed by atoms with van der Waals surface area (Å²) in [7, 11) is 0. The van der Waals surface area contributed by atoms with Gasteiger partial charge in [0.2, 0.25) is 0 Å². The largest absolute Gasteiger partial charge is 0.381 e. The highest BCUT2D eigenvalue weighted by molar-refractivity contribution is 6.32. The minimum Gasteiger partial charge on any atom is -0.381 e. The Labute approximate surface area is 95.6 Å². The molecule has 2 rings (SSSR count). The second-order valence-corrected chi connectivity index (χ2v) is 4.84. The summed E-state index contributed by atoms with van der Waals surface area (Å²) in [6.45, 7) is 2.26. The summed E-state index contributed by atoms with van der Waals surface area (Å²) in [6.07, 6.45) is 8.19. The molecule has 1 aromatic rings. The molecule has 2 unspecified atom stereocenters. The van der Waals surface area contributed by atoms with Gasteiger partial charge in [-0.15, -0.1) is 0 Å². The van der Waals surface area contributed by atoms with E-state index in [1.807, 2.05) is 10.9 Å². The van der Waals surface area contributed by atoms with Crippen molar-refractivity contribution in [2.45, 2.75) is 45.1 Å². The van der Waals surface area contributed by atoms with Crippen molar-refractivity contribution in [1.29, 1.82) is 0 Å². The third kappa shape index (κ3) is 2.28. The van der Waals surface area contributed by atoms with Gasteiger partial charge in [0.1, 0.15) is 5.02 Å². The number of hydrogen-bond donors (Lipinski definition) is 1. The Morgan fingerprint density at radius 3 is 3.00 bits per heavy atom. The van der Waals surface area contributed by atoms with Crippen LogP contribution in [0.25, 0.3) is 0 Å². The molecule has 3 nitrogen and oxygen atoms in total. The van der Waals surface area contributed by atoms with E-state index >= 15 is 0 Å². The van der Waals surface area contributed by atoms with E-state index in [9.17, 15) is 0 Å². The van der Waals surface area contributed by atoms with Crippen molar-refractivity contribution in [1.82, 2.24) is 9.78 Å². The van der Waals surface area contributed by atoms with E-state index in [1.54, 1.807) is 0 Å². The molecule has 1 fully saturated rings. The number of aromatic nitrogens is 2. The van der Waals surface area contributed by atoms with Gasteiger partial charge in [-0.1, -0.05) is 37.8 Å². The zero-order chi connectivity index (χ0) is 10.8. The fourth-order valence-electron chi connectivity index (χ4n) is 2.44. The quantitative estimate of drug-likeness (QED) is 0.843. The molecule has 0 amide bonds. The molecule has 0 bridgehead atoms. The summed E-state index contributed by atoms with van der Waals surface area (Å²) >= 11 is 5.91. The Morgan fingerprint density at radius 1 is 1.60 bits per heavy atom. The summed E-state index contributed by atoms with van der Waals surface area (Å²) in [5, 5.41) is 4.84. The molecule has 84 valence electrons. The fraction of sp³-hybridized carbons (Fsp3) is 0.727. The molecule has 0 saturated heterocycles. The third-order valence-corrected chi connectivity index (χ3v) is 3.71. The van der Waals surface area contributed by atoms with Crippen LogP contribution in [0.3, 0.4) is 0 Å². The number of hydrogen-bond acceptors (Lipinski definition) is 2. The van der Waals surface area contributed by atoms with Crippen LogP contribution in [0.15, 0.2) is 6.20 Å². The number of rotatable bonds is 2. The van der Waals surface area contributed by atoms with E-state index in [-0.39, 0.29) is 0 Å². The van der Waals surface area contributed by atoms with Gasteiger partial charge < -0.3 is 5.73 Å². The molecule has 1 aliphatic rings. The van der Waals surface area contributed by atoms with Gasteiger partial charge in [-0.3, -0.25) is 4.68 Å². The predicted molar refractivity (Wildman–Crippen MR) is 62.9 cm³/mol. The first kappa shape index (κ1) is 10.8. The standard InChI is InChI=1S/C11H18ClN3/c1-2-8-4-3-5-9(6-8)15-7-10(12)11(13)14-15/h7-9H,2-6H2,1H3,(H2,13,14). The second-order valence-electron chi connectivity index (χ2n) is 4.44. The van der Waals surface area contributed by atoms with Crippen molar-refractivity contribution in [2.75, 3.05) is 5.73 Å². The van der Waals surface area contributed by atoms with E-state index in [4.69, 9.17) is 17.3 Å². The summed E-state index contributed by atoms with van der Waals surface area (Å²) < 4.78 is 1.96. The molecule has 0 aliphatic heterocycles. The van der Waals surface area contributed by atoms with Crippen LogP contribution >= 0.6 is 11.6 Å². The molecule has 0 aromatic carbocycles. The monoisotopic (exact) mass is 227 g/mol. The van der Waals surface area contributed by atoms with Gasteiger partial charge in [-0.2, -0.15) is 5.10 Å².